The summed E-state index contributed by atoms with van der Waals surface area (Å²) < 4.78 is 19.1. The first-order valence-corrected chi connectivity index (χ1v) is 10.5. The topological polar surface area (TPSA) is 73.9 Å². The minimum atomic E-state index is -0.570. The summed E-state index contributed by atoms with van der Waals surface area (Å²) in [5, 5.41) is 5.66. The lowest BCUT2D eigenvalue weighted by atomic mass is 10.2. The first-order valence-electron chi connectivity index (χ1n) is 10.1. The predicted octanol–water partition coefficient (Wildman–Crippen LogP) is 3.21. The number of likely N-dealkylation sites (N-methyl/N-ethyl adjacent to an activating group) is 1. The van der Waals surface area contributed by atoms with Crippen LogP contribution in [0.4, 0.5) is 21.5 Å². The Bertz CT molecular complexity index is 904. The molecule has 1 aliphatic heterocycles. The Balaban J connectivity index is 1.49. The lowest BCUT2D eigenvalue weighted by molar-refractivity contribution is -0.119. The van der Waals surface area contributed by atoms with Crippen molar-refractivity contribution in [3.05, 3.63) is 53.3 Å². The van der Waals surface area contributed by atoms with Gasteiger partial charge in [-0.05, 0) is 49.0 Å². The molecule has 0 bridgehead atoms. The summed E-state index contributed by atoms with van der Waals surface area (Å²) in [6.07, 6.45) is 0. The van der Waals surface area contributed by atoms with Gasteiger partial charge in [0.2, 0.25) is 11.8 Å². The van der Waals surface area contributed by atoms with E-state index < -0.39 is 11.7 Å². The first kappa shape index (κ1) is 23.0. The van der Waals surface area contributed by atoms with Gasteiger partial charge in [0.15, 0.2) is 0 Å². The molecule has 1 aliphatic rings. The summed E-state index contributed by atoms with van der Waals surface area (Å²) in [6.45, 7) is 5.42. The molecule has 31 heavy (non-hydrogen) atoms. The number of rotatable bonds is 8. The number of morpholine rings is 1. The maximum Gasteiger partial charge on any atom is 0.238 e. The van der Waals surface area contributed by atoms with E-state index in [1.807, 2.05) is 31.2 Å². The molecular weight excluding hydrogens is 423 g/mol. The highest BCUT2D eigenvalue weighted by Gasteiger charge is 2.16. The lowest BCUT2D eigenvalue weighted by Gasteiger charge is -2.29. The van der Waals surface area contributed by atoms with Gasteiger partial charge in [-0.3, -0.25) is 14.5 Å². The summed E-state index contributed by atoms with van der Waals surface area (Å²) in [4.78, 5) is 28.6. The Morgan fingerprint density at radius 3 is 2.35 bits per heavy atom. The van der Waals surface area contributed by atoms with Gasteiger partial charge in [0.05, 0.1) is 32.0 Å². The van der Waals surface area contributed by atoms with E-state index in [1.54, 1.807) is 4.90 Å². The van der Waals surface area contributed by atoms with Crippen LogP contribution in [0.5, 0.6) is 0 Å². The van der Waals surface area contributed by atoms with Crippen molar-refractivity contribution in [3.63, 3.8) is 0 Å². The van der Waals surface area contributed by atoms with Crippen molar-refractivity contribution < 1.29 is 18.7 Å². The van der Waals surface area contributed by atoms with Gasteiger partial charge in [0.25, 0.3) is 0 Å². The number of nitrogens with one attached hydrogen (secondary N) is 2. The van der Waals surface area contributed by atoms with Gasteiger partial charge < -0.3 is 20.3 Å². The third-order valence-corrected chi connectivity index (χ3v) is 5.15. The monoisotopic (exact) mass is 448 g/mol. The van der Waals surface area contributed by atoms with Crippen LogP contribution in [0.1, 0.15) is 6.92 Å². The van der Waals surface area contributed by atoms with Crippen LogP contribution >= 0.6 is 11.6 Å². The zero-order chi connectivity index (χ0) is 22.2. The average Bonchev–Trinajstić information content (AvgIpc) is 2.77. The van der Waals surface area contributed by atoms with Crippen LogP contribution in [0.15, 0.2) is 42.5 Å². The van der Waals surface area contributed by atoms with Crippen LogP contribution in [0.25, 0.3) is 0 Å². The molecule has 0 radical (unpaired) electrons. The normalized spacial score (nSPS) is 13.9. The first-order chi connectivity index (χ1) is 14.9. The van der Waals surface area contributed by atoms with E-state index in [0.717, 1.165) is 18.8 Å². The number of benzene rings is 2. The van der Waals surface area contributed by atoms with Crippen molar-refractivity contribution in [2.75, 3.05) is 61.5 Å². The zero-order valence-corrected chi connectivity index (χ0v) is 18.1. The van der Waals surface area contributed by atoms with Gasteiger partial charge in [0, 0.05) is 29.5 Å². The number of halogens is 2. The van der Waals surface area contributed by atoms with Gasteiger partial charge in [0.1, 0.15) is 5.82 Å². The molecule has 0 unspecified atom stereocenters. The fourth-order valence-electron chi connectivity index (χ4n) is 3.25. The molecule has 7 nitrogen and oxygen atoms in total. The van der Waals surface area contributed by atoms with E-state index in [4.69, 9.17) is 16.3 Å². The largest absolute Gasteiger partial charge is 0.378 e. The molecule has 0 spiro atoms. The Morgan fingerprint density at radius 2 is 1.71 bits per heavy atom. The highest BCUT2D eigenvalue weighted by molar-refractivity contribution is 6.30. The zero-order valence-electron chi connectivity index (χ0n) is 17.4. The second-order valence-corrected chi connectivity index (χ2v) is 7.61. The molecule has 1 fully saturated rings. The third-order valence-electron chi connectivity index (χ3n) is 4.91. The van der Waals surface area contributed by atoms with Crippen molar-refractivity contribution >= 4 is 40.5 Å². The molecule has 0 atom stereocenters. The maximum absolute atomic E-state index is 13.8. The molecule has 166 valence electrons. The summed E-state index contributed by atoms with van der Waals surface area (Å²) in [6, 6.07) is 11.6. The molecule has 2 aromatic carbocycles. The molecule has 1 saturated heterocycles. The van der Waals surface area contributed by atoms with Crippen molar-refractivity contribution in [2.45, 2.75) is 6.92 Å². The Hall–Kier alpha value is -2.68. The molecule has 2 N–H and O–H groups in total. The van der Waals surface area contributed by atoms with Gasteiger partial charge in [-0.1, -0.05) is 18.5 Å². The predicted molar refractivity (Wildman–Crippen MR) is 120 cm³/mol. The number of hydrogen-bond acceptors (Lipinski definition) is 5. The average molecular weight is 449 g/mol. The minimum absolute atomic E-state index is 0.0124. The van der Waals surface area contributed by atoms with Crippen LogP contribution in [0.3, 0.4) is 0 Å². The van der Waals surface area contributed by atoms with Gasteiger partial charge in [-0.15, -0.1) is 0 Å². The number of carbonyl (C=O) groups is 2. The summed E-state index contributed by atoms with van der Waals surface area (Å²) in [7, 11) is 0. The number of hydrogen-bond donors (Lipinski definition) is 2. The van der Waals surface area contributed by atoms with Crippen LogP contribution in [-0.4, -0.2) is 62.7 Å². The van der Waals surface area contributed by atoms with Crippen LogP contribution < -0.4 is 15.5 Å². The fourth-order valence-corrected chi connectivity index (χ4v) is 3.42. The molecule has 0 aromatic heterocycles. The number of anilines is 3. The van der Waals surface area contributed by atoms with E-state index in [2.05, 4.69) is 15.5 Å². The lowest BCUT2D eigenvalue weighted by Crippen LogP contribution is -2.38. The highest BCUT2D eigenvalue weighted by atomic mass is 35.5. The van der Waals surface area contributed by atoms with Gasteiger partial charge >= 0.3 is 0 Å². The molecule has 2 amide bonds. The van der Waals surface area contributed by atoms with Crippen LogP contribution in [0, 0.1) is 5.82 Å². The molecule has 0 aliphatic carbocycles. The van der Waals surface area contributed by atoms with E-state index in [1.165, 1.54) is 18.2 Å². The third kappa shape index (κ3) is 6.92. The van der Waals surface area contributed by atoms with E-state index in [-0.39, 0.29) is 24.7 Å². The molecule has 1 heterocycles. The number of nitrogens with zero attached hydrogens (tertiary/aromatic N) is 2. The summed E-state index contributed by atoms with van der Waals surface area (Å²) >= 11 is 5.84. The van der Waals surface area contributed by atoms with Crippen molar-refractivity contribution in [3.8, 4) is 0 Å². The standard InChI is InChI=1S/C22H26ClFN4O3/c1-2-27(15-22(30)26-20-13-16(23)3-8-19(20)24)14-21(29)25-17-4-6-18(7-5-17)28-9-11-31-12-10-28/h3-8,13H,2,9-12,14-15H2,1H3,(H,25,29)(H,26,30). The van der Waals surface area contributed by atoms with E-state index >= 15 is 0 Å². The van der Waals surface area contributed by atoms with Crippen LogP contribution in [0.2, 0.25) is 5.02 Å². The molecular formula is C22H26ClFN4O3. The SMILES string of the molecule is CCN(CC(=O)Nc1ccc(N2CCOCC2)cc1)CC(=O)Nc1cc(Cl)ccc1F. The summed E-state index contributed by atoms with van der Waals surface area (Å²) in [5.41, 5.74) is 1.78. The Labute approximate surface area is 186 Å². The van der Waals surface area contributed by atoms with Gasteiger partial charge in [-0.25, -0.2) is 4.39 Å². The van der Waals surface area contributed by atoms with E-state index in [9.17, 15) is 14.0 Å². The minimum Gasteiger partial charge on any atom is -0.378 e. The summed E-state index contributed by atoms with van der Waals surface area (Å²) in [5.74, 6) is -1.23. The van der Waals surface area contributed by atoms with Gasteiger partial charge in [-0.2, -0.15) is 0 Å². The molecule has 3 rings (SSSR count). The smallest absolute Gasteiger partial charge is 0.238 e. The van der Waals surface area contributed by atoms with Crippen LogP contribution in [-0.2, 0) is 14.3 Å². The number of amides is 2. The second kappa shape index (κ2) is 11.1. The highest BCUT2D eigenvalue weighted by Crippen LogP contribution is 2.20. The molecule has 0 saturated carbocycles. The molecule has 9 heteroatoms. The Kier molecular flexibility index (Phi) is 8.22. The maximum atomic E-state index is 13.8. The molecule has 2 aromatic rings. The van der Waals surface area contributed by atoms with E-state index in [0.29, 0.717) is 30.5 Å². The number of ether oxygens (including phenoxy) is 1. The quantitative estimate of drug-likeness (QED) is 0.648. The second-order valence-electron chi connectivity index (χ2n) is 7.17. The number of carbonyl (C=O) groups excluding carboxylic acids is 2. The Morgan fingerprint density at radius 1 is 1.06 bits per heavy atom. The van der Waals surface area contributed by atoms with Crippen molar-refractivity contribution in [2.24, 2.45) is 0 Å². The fraction of sp³-hybridized carbons (Fsp3) is 0.364. The van der Waals surface area contributed by atoms with Crippen molar-refractivity contribution in [1.82, 2.24) is 4.90 Å². The van der Waals surface area contributed by atoms with Crippen molar-refractivity contribution in [1.29, 1.82) is 0 Å².